The Morgan fingerprint density at radius 3 is 2.22 bits per heavy atom. The molecule has 5 aliphatic carbocycles. The molecule has 0 unspecified atom stereocenters. The number of rotatable bonds is 11. The standard InChI is InChI=1S/C50H71N3O2/c1-36(2)40-19-25-50(51-28-30-53-33-31-52(32-34-53)29-22-37-11-9-8-10-12-37)27-26-48(6)42(45(40)50)17-18-44-47(5)23-20-41(38-13-15-39(16-14-38)55-35-54)46(3,4)43(47)21-24-49(44,48)7/h8-16,20,35,40,42-45,51H,1,17-19,21-34H2,2-7H3/t40-,42+,43-,44+,45+,47-,48+,49+,50-/m0/s1. The molecule has 2 aromatic rings. The van der Waals surface area contributed by atoms with Gasteiger partial charge in [0.1, 0.15) is 5.75 Å². The van der Waals surface area contributed by atoms with Gasteiger partial charge in [0.2, 0.25) is 0 Å². The number of hydrogen-bond acceptors (Lipinski definition) is 5. The minimum atomic E-state index is 0.0794. The Morgan fingerprint density at radius 2 is 1.53 bits per heavy atom. The van der Waals surface area contributed by atoms with Crippen LogP contribution in [0.3, 0.4) is 0 Å². The van der Waals surface area contributed by atoms with Crippen molar-refractivity contribution in [3.05, 3.63) is 84.0 Å². The number of benzene rings is 2. The van der Waals surface area contributed by atoms with E-state index in [1.807, 2.05) is 12.1 Å². The van der Waals surface area contributed by atoms with Crippen LogP contribution < -0.4 is 10.1 Å². The molecule has 4 saturated carbocycles. The Balaban J connectivity index is 0.961. The lowest BCUT2D eigenvalue weighted by molar-refractivity contribution is -0.219. The SMILES string of the molecule is C=C(C)[C@@H]1CC[C@]2(NCCN3CCN(CCc4ccccc4)CC3)CC[C@]3(C)[C@H](CC[C@@H]4[C@@]5(C)CC=C(c6ccc(OC=O)cc6)C(C)(C)[C@@H]5CC[C@]43C)[C@@H]12. The van der Waals surface area contributed by atoms with Crippen LogP contribution in [0.5, 0.6) is 5.75 Å². The summed E-state index contributed by atoms with van der Waals surface area (Å²) < 4.78 is 5.13. The summed E-state index contributed by atoms with van der Waals surface area (Å²) >= 11 is 0. The maximum atomic E-state index is 10.9. The van der Waals surface area contributed by atoms with Crippen molar-refractivity contribution in [2.75, 3.05) is 45.8 Å². The van der Waals surface area contributed by atoms with E-state index in [9.17, 15) is 4.79 Å². The van der Waals surface area contributed by atoms with E-state index in [1.165, 1.54) is 113 Å². The summed E-state index contributed by atoms with van der Waals surface area (Å²) in [5, 5.41) is 4.39. The fourth-order valence-corrected chi connectivity index (χ4v) is 14.9. The van der Waals surface area contributed by atoms with E-state index in [0.29, 0.717) is 40.8 Å². The highest BCUT2D eigenvalue weighted by molar-refractivity contribution is 5.72. The summed E-state index contributed by atoms with van der Waals surface area (Å²) in [6.45, 7) is 29.1. The fraction of sp³-hybridized carbons (Fsp3) is 0.660. The van der Waals surface area contributed by atoms with Crippen LogP contribution in [0.25, 0.3) is 5.57 Å². The monoisotopic (exact) mass is 746 g/mol. The van der Waals surface area contributed by atoms with Gasteiger partial charge in [-0.2, -0.15) is 0 Å². The van der Waals surface area contributed by atoms with Gasteiger partial charge in [-0.15, -0.1) is 0 Å². The number of allylic oxidation sites excluding steroid dienone is 3. The van der Waals surface area contributed by atoms with E-state index in [-0.39, 0.29) is 16.4 Å². The summed E-state index contributed by atoms with van der Waals surface area (Å²) in [6, 6.07) is 19.2. The second-order valence-corrected chi connectivity index (χ2v) is 20.5. The van der Waals surface area contributed by atoms with Gasteiger partial charge >= 0.3 is 0 Å². The van der Waals surface area contributed by atoms with Gasteiger partial charge in [0, 0.05) is 51.4 Å². The molecule has 5 heteroatoms. The molecule has 6 aliphatic rings. The van der Waals surface area contributed by atoms with Crippen LogP contribution in [-0.2, 0) is 11.2 Å². The molecule has 0 spiro atoms. The van der Waals surface area contributed by atoms with Crippen molar-refractivity contribution >= 4 is 12.0 Å². The number of carbonyl (C=O) groups is 1. The Bertz CT molecular complexity index is 1730. The first-order chi connectivity index (χ1) is 26.3. The van der Waals surface area contributed by atoms with Crippen LogP contribution in [0.2, 0.25) is 0 Å². The lowest BCUT2D eigenvalue weighted by Gasteiger charge is -2.72. The lowest BCUT2D eigenvalue weighted by atomic mass is 9.33. The number of ether oxygens (including phenoxy) is 1. The number of nitrogens with zero attached hydrogens (tertiary/aromatic N) is 2. The molecule has 1 heterocycles. The molecular weight excluding hydrogens is 675 g/mol. The third kappa shape index (κ3) is 6.61. The molecule has 5 fully saturated rings. The van der Waals surface area contributed by atoms with E-state index < -0.39 is 0 Å². The predicted molar refractivity (Wildman–Crippen MR) is 227 cm³/mol. The van der Waals surface area contributed by atoms with E-state index in [2.05, 4.69) is 112 Å². The van der Waals surface area contributed by atoms with Gasteiger partial charge in [-0.3, -0.25) is 9.69 Å². The Kier molecular flexibility index (Phi) is 10.6. The van der Waals surface area contributed by atoms with Crippen LogP contribution in [0.4, 0.5) is 0 Å². The van der Waals surface area contributed by atoms with E-state index in [4.69, 9.17) is 4.74 Å². The quantitative estimate of drug-likeness (QED) is 0.183. The second-order valence-electron chi connectivity index (χ2n) is 20.5. The summed E-state index contributed by atoms with van der Waals surface area (Å²) in [4.78, 5) is 16.3. The molecule has 1 N–H and O–H groups in total. The fourth-order valence-electron chi connectivity index (χ4n) is 14.9. The average molecular weight is 746 g/mol. The van der Waals surface area contributed by atoms with Crippen LogP contribution >= 0.6 is 0 Å². The number of nitrogens with one attached hydrogen (secondary N) is 1. The second kappa shape index (κ2) is 14.9. The van der Waals surface area contributed by atoms with Crippen LogP contribution in [0.1, 0.15) is 110 Å². The Labute approximate surface area is 333 Å². The molecule has 1 saturated heterocycles. The van der Waals surface area contributed by atoms with Crippen molar-refractivity contribution in [1.82, 2.24) is 15.1 Å². The molecule has 2 aromatic carbocycles. The zero-order chi connectivity index (χ0) is 38.6. The highest BCUT2D eigenvalue weighted by Crippen LogP contribution is 2.76. The largest absolute Gasteiger partial charge is 0.429 e. The van der Waals surface area contributed by atoms with Crippen molar-refractivity contribution in [2.24, 2.45) is 51.2 Å². The number of piperazine rings is 1. The topological polar surface area (TPSA) is 44.8 Å². The normalized spacial score (nSPS) is 38.5. The van der Waals surface area contributed by atoms with E-state index in [1.54, 1.807) is 0 Å². The van der Waals surface area contributed by atoms with Gasteiger partial charge in [0.15, 0.2) is 0 Å². The molecule has 298 valence electrons. The Morgan fingerprint density at radius 1 is 0.818 bits per heavy atom. The first-order valence-corrected chi connectivity index (χ1v) is 22.2. The van der Waals surface area contributed by atoms with E-state index in [0.717, 1.165) is 31.2 Å². The third-order valence-electron chi connectivity index (χ3n) is 17.9. The zero-order valence-electron chi connectivity index (χ0n) is 35.2. The van der Waals surface area contributed by atoms with Crippen LogP contribution in [0.15, 0.2) is 72.8 Å². The highest BCUT2D eigenvalue weighted by atomic mass is 16.5. The maximum Gasteiger partial charge on any atom is 0.298 e. The number of fused-ring (bicyclic) bond motifs is 7. The van der Waals surface area contributed by atoms with Crippen molar-refractivity contribution in [1.29, 1.82) is 0 Å². The maximum absolute atomic E-state index is 10.9. The molecule has 0 radical (unpaired) electrons. The lowest BCUT2D eigenvalue weighted by Crippen LogP contribution is -2.68. The predicted octanol–water partition coefficient (Wildman–Crippen LogP) is 10.1. The van der Waals surface area contributed by atoms with Crippen molar-refractivity contribution in [3.8, 4) is 5.75 Å². The zero-order valence-corrected chi connectivity index (χ0v) is 35.2. The molecule has 9 atom stereocenters. The van der Waals surface area contributed by atoms with Gasteiger partial charge < -0.3 is 15.0 Å². The minimum absolute atomic E-state index is 0.0794. The van der Waals surface area contributed by atoms with Gasteiger partial charge in [0.25, 0.3) is 6.47 Å². The summed E-state index contributed by atoms with van der Waals surface area (Å²) in [6.07, 6.45) is 15.6. The van der Waals surface area contributed by atoms with Gasteiger partial charge in [-0.1, -0.05) is 95.3 Å². The number of carbonyl (C=O) groups excluding carboxylic acids is 1. The number of hydrogen-bond donors (Lipinski definition) is 1. The Hall–Kier alpha value is -2.73. The molecule has 1 aliphatic heterocycles. The van der Waals surface area contributed by atoms with Crippen molar-refractivity contribution in [2.45, 2.75) is 111 Å². The first kappa shape index (κ1) is 39.1. The van der Waals surface area contributed by atoms with Crippen molar-refractivity contribution in [3.63, 3.8) is 0 Å². The summed E-state index contributed by atoms with van der Waals surface area (Å²) in [7, 11) is 0. The molecule has 55 heavy (non-hydrogen) atoms. The minimum Gasteiger partial charge on any atom is -0.429 e. The first-order valence-electron chi connectivity index (χ1n) is 22.2. The van der Waals surface area contributed by atoms with E-state index >= 15 is 0 Å². The average Bonchev–Trinajstić information content (AvgIpc) is 3.56. The third-order valence-corrected chi connectivity index (χ3v) is 17.9. The molecular formula is C50H71N3O2. The molecule has 8 rings (SSSR count). The molecule has 5 nitrogen and oxygen atoms in total. The summed E-state index contributed by atoms with van der Waals surface area (Å²) in [5.74, 6) is 4.08. The van der Waals surface area contributed by atoms with Crippen LogP contribution in [-0.4, -0.2) is 67.6 Å². The van der Waals surface area contributed by atoms with Gasteiger partial charge in [-0.25, -0.2) is 0 Å². The van der Waals surface area contributed by atoms with Gasteiger partial charge in [-0.05, 0) is 151 Å². The smallest absolute Gasteiger partial charge is 0.298 e. The molecule has 0 aromatic heterocycles. The molecule has 0 amide bonds. The molecule has 0 bridgehead atoms. The van der Waals surface area contributed by atoms with Crippen molar-refractivity contribution < 1.29 is 9.53 Å². The van der Waals surface area contributed by atoms with Gasteiger partial charge in [0.05, 0.1) is 0 Å². The summed E-state index contributed by atoms with van der Waals surface area (Å²) in [5.41, 5.74) is 6.95. The highest BCUT2D eigenvalue weighted by Gasteiger charge is 2.70. The van der Waals surface area contributed by atoms with Crippen LogP contribution in [0, 0.1) is 51.2 Å².